The van der Waals surface area contributed by atoms with Crippen molar-refractivity contribution >= 4 is 37.5 Å². The fourth-order valence-electron chi connectivity index (χ4n) is 2.61. The van der Waals surface area contributed by atoms with Gasteiger partial charge >= 0.3 is 15.5 Å². The van der Waals surface area contributed by atoms with Crippen LogP contribution in [-0.2, 0) is 23.1 Å². The maximum absolute atomic E-state index is 12.5. The van der Waals surface area contributed by atoms with Gasteiger partial charge in [0.05, 0.1) is 5.56 Å². The molecule has 10 heteroatoms. The summed E-state index contributed by atoms with van der Waals surface area (Å²) >= 11 is 3.35. The summed E-state index contributed by atoms with van der Waals surface area (Å²) in [5, 5.41) is 0. The van der Waals surface area contributed by atoms with Gasteiger partial charge in [-0.25, -0.2) is 0 Å². The highest BCUT2D eigenvalue weighted by Gasteiger charge is 2.46. The lowest BCUT2D eigenvalue weighted by atomic mass is 10.1. The lowest BCUT2D eigenvalue weighted by Gasteiger charge is -2.16. The average molecular weight is 449 g/mol. The van der Waals surface area contributed by atoms with Gasteiger partial charge in [0.1, 0.15) is 0 Å². The molecule has 0 spiro atoms. The summed E-state index contributed by atoms with van der Waals surface area (Å²) in [6.07, 6.45) is 0. The zero-order valence-corrected chi connectivity index (χ0v) is 15.5. The lowest BCUT2D eigenvalue weighted by molar-refractivity contribution is -0.0429. The summed E-state index contributed by atoms with van der Waals surface area (Å²) in [4.78, 5) is 14.1. The van der Waals surface area contributed by atoms with Crippen LogP contribution in [0.1, 0.15) is 21.5 Å². The molecule has 3 rings (SSSR count). The number of nitrogens with one attached hydrogen (secondary N) is 1. The Morgan fingerprint density at radius 1 is 1.12 bits per heavy atom. The maximum Gasteiger partial charge on any atom is 0.516 e. The number of fused-ring (bicyclic) bond motifs is 1. The Morgan fingerprint density at radius 3 is 2.35 bits per heavy atom. The van der Waals surface area contributed by atoms with Gasteiger partial charge in [-0.05, 0) is 45.3 Å². The molecule has 1 aliphatic rings. The van der Waals surface area contributed by atoms with Crippen LogP contribution in [0.4, 0.5) is 18.9 Å². The maximum atomic E-state index is 12.5. The molecule has 1 aliphatic heterocycles. The molecular formula is C16H12BrF3N2O3S. The Hall–Kier alpha value is -2.07. The summed E-state index contributed by atoms with van der Waals surface area (Å²) in [5.74, 6) is -0.144. The van der Waals surface area contributed by atoms with Gasteiger partial charge in [-0.1, -0.05) is 24.3 Å². The van der Waals surface area contributed by atoms with E-state index in [1.54, 1.807) is 11.0 Å². The fourth-order valence-corrected chi connectivity index (χ4v) is 3.75. The Labute approximate surface area is 156 Å². The van der Waals surface area contributed by atoms with Crippen molar-refractivity contribution in [1.82, 2.24) is 4.90 Å². The second-order valence-corrected chi connectivity index (χ2v) is 8.21. The molecule has 1 N–H and O–H groups in total. The highest BCUT2D eigenvalue weighted by atomic mass is 79.9. The van der Waals surface area contributed by atoms with Crippen LogP contribution in [0.15, 0.2) is 46.9 Å². The third kappa shape index (κ3) is 3.56. The molecule has 26 heavy (non-hydrogen) atoms. The molecule has 0 atom stereocenters. The number of alkyl halides is 3. The number of sulfonamides is 1. The molecular weight excluding hydrogens is 437 g/mol. The number of anilines is 1. The van der Waals surface area contributed by atoms with Gasteiger partial charge in [0.2, 0.25) is 0 Å². The molecule has 1 heterocycles. The number of amides is 1. The van der Waals surface area contributed by atoms with Gasteiger partial charge in [-0.15, -0.1) is 0 Å². The van der Waals surface area contributed by atoms with Crippen LogP contribution >= 0.6 is 15.9 Å². The number of nitrogens with zero attached hydrogens (tertiary/aromatic N) is 1. The summed E-state index contributed by atoms with van der Waals surface area (Å²) in [6, 6.07) is 10.9. The number of carbonyl (C=O) groups excluding carboxylic acids is 1. The van der Waals surface area contributed by atoms with Gasteiger partial charge in [-0.3, -0.25) is 9.52 Å². The topological polar surface area (TPSA) is 66.5 Å². The van der Waals surface area contributed by atoms with Gasteiger partial charge in [-0.2, -0.15) is 21.6 Å². The van der Waals surface area contributed by atoms with Crippen molar-refractivity contribution in [2.45, 2.75) is 18.6 Å². The smallest absolute Gasteiger partial charge is 0.330 e. The molecule has 0 aromatic heterocycles. The van der Waals surface area contributed by atoms with Crippen molar-refractivity contribution in [2.24, 2.45) is 0 Å². The molecule has 0 saturated carbocycles. The minimum absolute atomic E-state index is 0.144. The van der Waals surface area contributed by atoms with Crippen LogP contribution in [0.25, 0.3) is 0 Å². The Morgan fingerprint density at radius 2 is 1.77 bits per heavy atom. The van der Waals surface area contributed by atoms with E-state index >= 15 is 0 Å². The van der Waals surface area contributed by atoms with Crippen LogP contribution in [-0.4, -0.2) is 24.7 Å². The zero-order valence-electron chi connectivity index (χ0n) is 13.0. The molecule has 0 unspecified atom stereocenters. The Bertz CT molecular complexity index is 960. The molecule has 2 aromatic carbocycles. The number of benzene rings is 2. The molecule has 0 radical (unpaired) electrons. The van der Waals surface area contributed by atoms with Gasteiger partial charge in [0, 0.05) is 23.2 Å². The summed E-state index contributed by atoms with van der Waals surface area (Å²) in [6.45, 7) is 0.683. The number of hydrogen-bond donors (Lipinski definition) is 1. The monoisotopic (exact) mass is 448 g/mol. The highest BCUT2D eigenvalue weighted by Crippen LogP contribution is 2.30. The first-order valence-electron chi connectivity index (χ1n) is 7.33. The van der Waals surface area contributed by atoms with Crippen LogP contribution in [0.2, 0.25) is 0 Å². The van der Waals surface area contributed by atoms with E-state index in [9.17, 15) is 26.4 Å². The Balaban J connectivity index is 1.72. The third-order valence-corrected chi connectivity index (χ3v) is 5.62. The molecule has 138 valence electrons. The van der Waals surface area contributed by atoms with E-state index in [0.29, 0.717) is 22.1 Å². The van der Waals surface area contributed by atoms with E-state index in [1.807, 2.05) is 12.1 Å². The largest absolute Gasteiger partial charge is 0.516 e. The molecule has 0 bridgehead atoms. The number of rotatable bonds is 4. The van der Waals surface area contributed by atoms with Crippen molar-refractivity contribution in [1.29, 1.82) is 0 Å². The van der Waals surface area contributed by atoms with Crippen LogP contribution < -0.4 is 4.72 Å². The minimum atomic E-state index is -5.46. The normalized spacial score (nSPS) is 14.5. The quantitative estimate of drug-likeness (QED) is 0.771. The number of carbonyl (C=O) groups is 1. The summed E-state index contributed by atoms with van der Waals surface area (Å²) in [7, 11) is -5.46. The van der Waals surface area contributed by atoms with Crippen LogP contribution in [0.3, 0.4) is 0 Å². The van der Waals surface area contributed by atoms with Gasteiger partial charge < -0.3 is 4.90 Å². The van der Waals surface area contributed by atoms with Crippen molar-refractivity contribution in [2.75, 3.05) is 4.72 Å². The third-order valence-electron chi connectivity index (χ3n) is 3.85. The fraction of sp³-hybridized carbons (Fsp3) is 0.188. The Kier molecular flexibility index (Phi) is 4.74. The predicted octanol–water partition coefficient (Wildman–Crippen LogP) is 3.87. The summed E-state index contributed by atoms with van der Waals surface area (Å²) in [5.41, 5.74) is -3.43. The molecule has 1 amide bonds. The van der Waals surface area contributed by atoms with Crippen LogP contribution in [0, 0.1) is 0 Å². The van der Waals surface area contributed by atoms with E-state index in [-0.39, 0.29) is 18.1 Å². The second kappa shape index (κ2) is 6.58. The van der Waals surface area contributed by atoms with Crippen molar-refractivity contribution in [3.63, 3.8) is 0 Å². The number of hydrogen-bond acceptors (Lipinski definition) is 3. The van der Waals surface area contributed by atoms with E-state index < -0.39 is 15.5 Å². The lowest BCUT2D eigenvalue weighted by Crippen LogP contribution is -2.29. The van der Waals surface area contributed by atoms with Crippen LogP contribution in [0.5, 0.6) is 0 Å². The standard InChI is InChI=1S/C16H12BrF3N2O3S/c17-13-3-1-2-11-9-22(15(23)14(11)13)8-10-4-6-12(7-5-10)21-26(24,25)16(18,19)20/h1-7,21H,8-9H2. The predicted molar refractivity (Wildman–Crippen MR) is 92.8 cm³/mol. The van der Waals surface area contributed by atoms with Gasteiger partial charge in [0.25, 0.3) is 5.91 Å². The SMILES string of the molecule is O=C1c2c(Br)cccc2CN1Cc1ccc(NS(=O)(=O)C(F)(F)F)cc1. The van der Waals surface area contributed by atoms with E-state index in [2.05, 4.69) is 15.9 Å². The molecule has 0 saturated heterocycles. The van der Waals surface area contributed by atoms with Crippen molar-refractivity contribution in [3.05, 3.63) is 63.6 Å². The van der Waals surface area contributed by atoms with E-state index in [0.717, 1.165) is 5.56 Å². The minimum Gasteiger partial charge on any atom is -0.330 e. The molecule has 2 aromatic rings. The van der Waals surface area contributed by atoms with Crippen molar-refractivity contribution in [3.8, 4) is 0 Å². The van der Waals surface area contributed by atoms with E-state index in [1.165, 1.54) is 29.0 Å². The van der Waals surface area contributed by atoms with Crippen molar-refractivity contribution < 1.29 is 26.4 Å². The molecule has 5 nitrogen and oxygen atoms in total. The zero-order chi connectivity index (χ0) is 19.1. The highest BCUT2D eigenvalue weighted by molar-refractivity contribution is 9.10. The first-order chi connectivity index (χ1) is 12.1. The second-order valence-electron chi connectivity index (χ2n) is 5.68. The van der Waals surface area contributed by atoms with Gasteiger partial charge in [0.15, 0.2) is 0 Å². The molecule has 0 aliphatic carbocycles. The van der Waals surface area contributed by atoms with E-state index in [4.69, 9.17) is 0 Å². The molecule has 0 fully saturated rings. The average Bonchev–Trinajstić information content (AvgIpc) is 2.85. The number of halogens is 4. The first-order valence-corrected chi connectivity index (χ1v) is 9.61. The summed E-state index contributed by atoms with van der Waals surface area (Å²) < 4.78 is 61.5. The first kappa shape index (κ1) is 18.7.